The number of nitrogens with zero attached hydrogens (tertiary/aromatic N) is 2. The highest BCUT2D eigenvalue weighted by atomic mass is 16.5. The van der Waals surface area contributed by atoms with Gasteiger partial charge in [0, 0.05) is 31.9 Å². The summed E-state index contributed by atoms with van der Waals surface area (Å²) >= 11 is 0. The van der Waals surface area contributed by atoms with Crippen LogP contribution in [0.3, 0.4) is 0 Å². The highest BCUT2D eigenvalue weighted by Crippen LogP contribution is 2.25. The average molecular weight is 271 g/mol. The minimum absolute atomic E-state index is 0.359. The Morgan fingerprint density at radius 1 is 1.35 bits per heavy atom. The Labute approximate surface area is 119 Å². The Bertz CT molecular complexity index is 591. The van der Waals surface area contributed by atoms with Gasteiger partial charge in [0.1, 0.15) is 5.82 Å². The van der Waals surface area contributed by atoms with Crippen molar-refractivity contribution in [1.82, 2.24) is 14.9 Å². The van der Waals surface area contributed by atoms with Gasteiger partial charge in [-0.05, 0) is 30.2 Å². The van der Waals surface area contributed by atoms with Crippen molar-refractivity contribution in [2.24, 2.45) is 7.05 Å². The first-order chi connectivity index (χ1) is 9.78. The van der Waals surface area contributed by atoms with E-state index in [2.05, 4.69) is 33.1 Å². The number of hydrogen-bond donors (Lipinski definition) is 1. The van der Waals surface area contributed by atoms with Crippen molar-refractivity contribution < 1.29 is 4.74 Å². The Hall–Kier alpha value is -1.65. The second-order valence-electron chi connectivity index (χ2n) is 5.36. The molecular formula is C16H21N3O. The zero-order valence-electron chi connectivity index (χ0n) is 12.1. The van der Waals surface area contributed by atoms with Crippen molar-refractivity contribution in [1.29, 1.82) is 0 Å². The first-order valence-electron chi connectivity index (χ1n) is 7.11. The highest BCUT2D eigenvalue weighted by Gasteiger charge is 2.16. The summed E-state index contributed by atoms with van der Waals surface area (Å²) in [5, 5.41) is 3.41. The molecule has 0 amide bonds. The Morgan fingerprint density at radius 3 is 2.95 bits per heavy atom. The molecule has 1 unspecified atom stereocenters. The maximum Gasteiger partial charge on any atom is 0.108 e. The smallest absolute Gasteiger partial charge is 0.108 e. The summed E-state index contributed by atoms with van der Waals surface area (Å²) in [5.74, 6) is 1.13. The van der Waals surface area contributed by atoms with E-state index < -0.39 is 0 Å². The molecule has 0 spiro atoms. The van der Waals surface area contributed by atoms with E-state index in [1.807, 2.05) is 26.5 Å². The van der Waals surface area contributed by atoms with Crippen molar-refractivity contribution in [2.45, 2.75) is 32.1 Å². The van der Waals surface area contributed by atoms with Crippen molar-refractivity contribution in [3.63, 3.8) is 0 Å². The molecular weight excluding hydrogens is 250 g/mol. The summed E-state index contributed by atoms with van der Waals surface area (Å²) in [6, 6.07) is 7.05. The lowest BCUT2D eigenvalue weighted by Crippen LogP contribution is -2.18. The third-order valence-corrected chi connectivity index (χ3v) is 4.07. The topological polar surface area (TPSA) is 39.1 Å². The third-order valence-electron chi connectivity index (χ3n) is 4.07. The minimum Gasteiger partial charge on any atom is -0.372 e. The number of aromatic nitrogens is 2. The van der Waals surface area contributed by atoms with Crippen molar-refractivity contribution in [2.75, 3.05) is 7.05 Å². The maximum atomic E-state index is 5.48. The third kappa shape index (κ3) is 2.62. The largest absolute Gasteiger partial charge is 0.372 e. The molecule has 2 heterocycles. The molecule has 2 aromatic rings. The zero-order chi connectivity index (χ0) is 13.9. The molecule has 1 aromatic carbocycles. The van der Waals surface area contributed by atoms with Crippen LogP contribution in [0.2, 0.25) is 0 Å². The molecule has 0 bridgehead atoms. The average Bonchev–Trinajstić information content (AvgIpc) is 3.08. The van der Waals surface area contributed by atoms with E-state index in [-0.39, 0.29) is 0 Å². The van der Waals surface area contributed by atoms with Gasteiger partial charge in [0.2, 0.25) is 0 Å². The fourth-order valence-corrected chi connectivity index (χ4v) is 2.80. The zero-order valence-corrected chi connectivity index (χ0v) is 12.1. The standard InChI is InChI=1S/C16H21N3O/c1-17-15(5-6-16-18-7-8-19(16)2)12-3-4-13-10-20-11-14(13)9-12/h3-4,7-9,15,17H,5-6,10-11H2,1-2H3. The molecule has 20 heavy (non-hydrogen) atoms. The van der Waals surface area contributed by atoms with Crippen molar-refractivity contribution in [3.8, 4) is 0 Å². The van der Waals surface area contributed by atoms with Crippen LogP contribution >= 0.6 is 0 Å². The molecule has 0 fully saturated rings. The second kappa shape index (κ2) is 5.77. The molecule has 1 atom stereocenters. The first-order valence-corrected chi connectivity index (χ1v) is 7.11. The quantitative estimate of drug-likeness (QED) is 0.907. The predicted molar refractivity (Wildman–Crippen MR) is 78.3 cm³/mol. The molecule has 106 valence electrons. The lowest BCUT2D eigenvalue weighted by molar-refractivity contribution is 0.134. The Balaban J connectivity index is 1.71. The number of hydrogen-bond acceptors (Lipinski definition) is 3. The molecule has 3 rings (SSSR count). The molecule has 1 aromatic heterocycles. The van der Waals surface area contributed by atoms with Gasteiger partial charge in [-0.1, -0.05) is 18.2 Å². The van der Waals surface area contributed by atoms with Crippen molar-refractivity contribution >= 4 is 0 Å². The van der Waals surface area contributed by atoms with E-state index >= 15 is 0 Å². The fourth-order valence-electron chi connectivity index (χ4n) is 2.80. The number of rotatable bonds is 5. The molecule has 0 radical (unpaired) electrons. The van der Waals surface area contributed by atoms with Crippen LogP contribution in [0.15, 0.2) is 30.6 Å². The molecule has 1 N–H and O–H groups in total. The van der Waals surface area contributed by atoms with E-state index in [0.717, 1.165) is 31.9 Å². The van der Waals surface area contributed by atoms with Crippen LogP contribution < -0.4 is 5.32 Å². The van der Waals surface area contributed by atoms with E-state index in [1.165, 1.54) is 16.7 Å². The number of benzene rings is 1. The van der Waals surface area contributed by atoms with Crippen molar-refractivity contribution in [3.05, 3.63) is 53.1 Å². The van der Waals surface area contributed by atoms with Crippen LogP contribution in [0, 0.1) is 0 Å². The summed E-state index contributed by atoms with van der Waals surface area (Å²) in [6.45, 7) is 1.51. The highest BCUT2D eigenvalue weighted by molar-refractivity contribution is 5.34. The minimum atomic E-state index is 0.359. The van der Waals surface area contributed by atoms with Crippen LogP contribution in [0.1, 0.15) is 35.0 Å². The van der Waals surface area contributed by atoms with E-state index in [4.69, 9.17) is 4.74 Å². The predicted octanol–water partition coefficient (Wildman–Crippen LogP) is 2.34. The van der Waals surface area contributed by atoms with Gasteiger partial charge in [-0.2, -0.15) is 0 Å². The summed E-state index contributed by atoms with van der Waals surface area (Å²) in [6.07, 6.45) is 5.87. The molecule has 4 nitrogen and oxygen atoms in total. The van der Waals surface area contributed by atoms with Crippen LogP contribution in [-0.4, -0.2) is 16.6 Å². The lowest BCUT2D eigenvalue weighted by atomic mass is 9.98. The van der Waals surface area contributed by atoms with Gasteiger partial charge in [-0.3, -0.25) is 0 Å². The van der Waals surface area contributed by atoms with Gasteiger partial charge < -0.3 is 14.6 Å². The van der Waals surface area contributed by atoms with Gasteiger partial charge in [-0.15, -0.1) is 0 Å². The van der Waals surface area contributed by atoms with Crippen LogP contribution in [0.25, 0.3) is 0 Å². The fraction of sp³-hybridized carbons (Fsp3) is 0.438. The van der Waals surface area contributed by atoms with Gasteiger partial charge in [0.15, 0.2) is 0 Å². The Kier molecular flexibility index (Phi) is 3.85. The number of ether oxygens (including phenoxy) is 1. The van der Waals surface area contributed by atoms with Crippen LogP contribution in [0.4, 0.5) is 0 Å². The SMILES string of the molecule is CNC(CCc1nccn1C)c1ccc2c(c1)COC2. The second-order valence-corrected chi connectivity index (χ2v) is 5.36. The van der Waals surface area contributed by atoms with E-state index in [0.29, 0.717) is 6.04 Å². The molecule has 1 aliphatic rings. The molecule has 0 saturated carbocycles. The van der Waals surface area contributed by atoms with Crippen LogP contribution in [0.5, 0.6) is 0 Å². The normalized spacial score (nSPS) is 15.3. The van der Waals surface area contributed by atoms with Gasteiger partial charge >= 0.3 is 0 Å². The summed E-state index contributed by atoms with van der Waals surface area (Å²) < 4.78 is 7.57. The molecule has 4 heteroatoms. The molecule has 0 saturated heterocycles. The summed E-state index contributed by atoms with van der Waals surface area (Å²) in [7, 11) is 4.07. The van der Waals surface area contributed by atoms with Gasteiger partial charge in [-0.25, -0.2) is 4.98 Å². The maximum absolute atomic E-state index is 5.48. The monoisotopic (exact) mass is 271 g/mol. The van der Waals surface area contributed by atoms with Gasteiger partial charge in [0.25, 0.3) is 0 Å². The molecule has 0 aliphatic carbocycles. The molecule has 1 aliphatic heterocycles. The Morgan fingerprint density at radius 2 is 2.20 bits per heavy atom. The summed E-state index contributed by atoms with van der Waals surface area (Å²) in [5.41, 5.74) is 4.00. The number of imidazole rings is 1. The first kappa shape index (κ1) is 13.3. The summed E-state index contributed by atoms with van der Waals surface area (Å²) in [4.78, 5) is 4.39. The van der Waals surface area contributed by atoms with E-state index in [1.54, 1.807) is 0 Å². The number of aryl methyl sites for hydroxylation is 2. The van der Waals surface area contributed by atoms with Gasteiger partial charge in [0.05, 0.1) is 13.2 Å². The van der Waals surface area contributed by atoms with E-state index in [9.17, 15) is 0 Å². The number of nitrogens with one attached hydrogen (secondary N) is 1. The lowest BCUT2D eigenvalue weighted by Gasteiger charge is -2.17. The number of fused-ring (bicyclic) bond motifs is 1. The van der Waals surface area contributed by atoms with Crippen LogP contribution in [-0.2, 0) is 31.4 Å².